The van der Waals surface area contributed by atoms with E-state index in [-0.39, 0.29) is 11.1 Å². The van der Waals surface area contributed by atoms with Crippen LogP contribution in [0.3, 0.4) is 0 Å². The molecule has 5 heteroatoms. The standard InChI is InChI=1S/C10H14N4O/c1-10(2,3)14-9(15)7-5-6-11-12-8(7)13(14)4/h5-6H,1-4H3. The van der Waals surface area contributed by atoms with E-state index in [4.69, 9.17) is 0 Å². The summed E-state index contributed by atoms with van der Waals surface area (Å²) in [4.78, 5) is 12.1. The second kappa shape index (κ2) is 2.92. The number of hydrogen-bond donors (Lipinski definition) is 0. The van der Waals surface area contributed by atoms with Gasteiger partial charge in [-0.1, -0.05) is 0 Å². The van der Waals surface area contributed by atoms with Crippen LogP contribution in [0.2, 0.25) is 0 Å². The Morgan fingerprint density at radius 3 is 2.53 bits per heavy atom. The van der Waals surface area contributed by atoms with Crippen molar-refractivity contribution >= 4 is 11.0 Å². The topological polar surface area (TPSA) is 52.7 Å². The van der Waals surface area contributed by atoms with Crippen molar-refractivity contribution in [1.29, 1.82) is 0 Å². The van der Waals surface area contributed by atoms with Gasteiger partial charge in [-0.2, -0.15) is 5.10 Å². The van der Waals surface area contributed by atoms with Gasteiger partial charge in [-0.05, 0) is 26.8 Å². The molecule has 15 heavy (non-hydrogen) atoms. The van der Waals surface area contributed by atoms with Crippen molar-refractivity contribution in [2.24, 2.45) is 7.05 Å². The number of aromatic nitrogens is 4. The molecule has 0 spiro atoms. The Kier molecular flexibility index (Phi) is 1.92. The van der Waals surface area contributed by atoms with E-state index in [0.29, 0.717) is 11.0 Å². The molecule has 0 radical (unpaired) electrons. The summed E-state index contributed by atoms with van der Waals surface area (Å²) in [6.45, 7) is 5.96. The molecule has 80 valence electrons. The summed E-state index contributed by atoms with van der Waals surface area (Å²) in [7, 11) is 1.82. The van der Waals surface area contributed by atoms with Crippen LogP contribution >= 0.6 is 0 Å². The first-order valence-electron chi connectivity index (χ1n) is 4.83. The first kappa shape index (κ1) is 9.89. The van der Waals surface area contributed by atoms with Crippen LogP contribution in [0.1, 0.15) is 20.8 Å². The van der Waals surface area contributed by atoms with Crippen molar-refractivity contribution < 1.29 is 0 Å². The summed E-state index contributed by atoms with van der Waals surface area (Å²) in [5.41, 5.74) is 0.347. The molecular formula is C10H14N4O. The maximum atomic E-state index is 12.1. The largest absolute Gasteiger partial charge is 0.276 e. The van der Waals surface area contributed by atoms with Crippen LogP contribution in [0.5, 0.6) is 0 Å². The van der Waals surface area contributed by atoms with Crippen molar-refractivity contribution in [2.45, 2.75) is 26.3 Å². The number of hydrogen-bond acceptors (Lipinski definition) is 3. The number of fused-ring (bicyclic) bond motifs is 1. The SMILES string of the molecule is Cn1c2nnccc2c(=O)n1C(C)(C)C. The van der Waals surface area contributed by atoms with Gasteiger partial charge < -0.3 is 0 Å². The predicted octanol–water partition coefficient (Wildman–Crippen LogP) is 0.885. The third kappa shape index (κ3) is 1.35. The highest BCUT2D eigenvalue weighted by Gasteiger charge is 2.21. The molecule has 2 rings (SSSR count). The van der Waals surface area contributed by atoms with Crippen LogP contribution < -0.4 is 5.56 Å². The molecule has 2 aromatic rings. The van der Waals surface area contributed by atoms with Crippen LogP contribution in [0.4, 0.5) is 0 Å². The molecule has 0 N–H and O–H groups in total. The van der Waals surface area contributed by atoms with E-state index in [9.17, 15) is 4.79 Å². The van der Waals surface area contributed by atoms with Crippen LogP contribution in [0, 0.1) is 0 Å². The first-order chi connectivity index (χ1) is 6.93. The summed E-state index contributed by atoms with van der Waals surface area (Å²) in [6, 6.07) is 1.70. The Labute approximate surface area is 87.3 Å². The zero-order valence-corrected chi connectivity index (χ0v) is 9.35. The Hall–Kier alpha value is -1.65. The summed E-state index contributed by atoms with van der Waals surface area (Å²) in [6.07, 6.45) is 1.54. The quantitative estimate of drug-likeness (QED) is 0.643. The lowest BCUT2D eigenvalue weighted by molar-refractivity contribution is 0.306. The molecule has 2 aromatic heterocycles. The van der Waals surface area contributed by atoms with Gasteiger partial charge in [-0.15, -0.1) is 5.10 Å². The number of rotatable bonds is 0. The molecule has 2 heterocycles. The second-order valence-electron chi connectivity index (χ2n) is 4.58. The minimum absolute atomic E-state index is 0.0186. The van der Waals surface area contributed by atoms with Gasteiger partial charge in [0.05, 0.1) is 17.1 Å². The predicted molar refractivity (Wildman–Crippen MR) is 57.8 cm³/mol. The molecule has 0 aromatic carbocycles. The van der Waals surface area contributed by atoms with Gasteiger partial charge in [0, 0.05) is 7.05 Å². The van der Waals surface area contributed by atoms with Crippen molar-refractivity contribution in [3.05, 3.63) is 22.6 Å². The van der Waals surface area contributed by atoms with E-state index in [1.807, 2.05) is 27.8 Å². The maximum absolute atomic E-state index is 12.1. The fraction of sp³-hybridized carbons (Fsp3) is 0.500. The Morgan fingerprint density at radius 2 is 2.00 bits per heavy atom. The van der Waals surface area contributed by atoms with Gasteiger partial charge in [-0.25, -0.2) is 4.68 Å². The maximum Gasteiger partial charge on any atom is 0.276 e. The molecule has 5 nitrogen and oxygen atoms in total. The van der Waals surface area contributed by atoms with E-state index < -0.39 is 0 Å². The zero-order valence-electron chi connectivity index (χ0n) is 9.35. The van der Waals surface area contributed by atoms with Gasteiger partial charge in [0.15, 0.2) is 5.65 Å². The molecule has 0 unspecified atom stereocenters. The van der Waals surface area contributed by atoms with E-state index in [2.05, 4.69) is 10.2 Å². The van der Waals surface area contributed by atoms with Crippen molar-refractivity contribution in [3.8, 4) is 0 Å². The highest BCUT2D eigenvalue weighted by molar-refractivity contribution is 5.73. The molecule has 0 bridgehead atoms. The van der Waals surface area contributed by atoms with Crippen molar-refractivity contribution in [2.75, 3.05) is 0 Å². The van der Waals surface area contributed by atoms with E-state index in [0.717, 1.165) is 0 Å². The first-order valence-corrected chi connectivity index (χ1v) is 4.83. The van der Waals surface area contributed by atoms with Crippen molar-refractivity contribution in [3.63, 3.8) is 0 Å². The van der Waals surface area contributed by atoms with Crippen LogP contribution in [-0.2, 0) is 12.6 Å². The average molecular weight is 206 g/mol. The average Bonchev–Trinajstić information content (AvgIpc) is 2.39. The highest BCUT2D eigenvalue weighted by Crippen LogP contribution is 2.14. The number of aryl methyl sites for hydroxylation is 1. The zero-order chi connectivity index (χ0) is 11.2. The van der Waals surface area contributed by atoms with Crippen LogP contribution in [0.25, 0.3) is 11.0 Å². The highest BCUT2D eigenvalue weighted by atomic mass is 16.1. The minimum atomic E-state index is -0.257. The van der Waals surface area contributed by atoms with Crippen LogP contribution in [-0.4, -0.2) is 19.6 Å². The minimum Gasteiger partial charge on any atom is -0.267 e. The lowest BCUT2D eigenvalue weighted by Crippen LogP contribution is -2.35. The summed E-state index contributed by atoms with van der Waals surface area (Å²) >= 11 is 0. The van der Waals surface area contributed by atoms with Gasteiger partial charge in [0.25, 0.3) is 5.56 Å². The summed E-state index contributed by atoms with van der Waals surface area (Å²) < 4.78 is 3.44. The Morgan fingerprint density at radius 1 is 1.33 bits per heavy atom. The lowest BCUT2D eigenvalue weighted by Gasteiger charge is -2.22. The fourth-order valence-electron chi connectivity index (χ4n) is 1.83. The van der Waals surface area contributed by atoms with Gasteiger partial charge in [0.1, 0.15) is 0 Å². The second-order valence-corrected chi connectivity index (χ2v) is 4.58. The third-order valence-electron chi connectivity index (χ3n) is 2.37. The lowest BCUT2D eigenvalue weighted by atomic mass is 10.1. The smallest absolute Gasteiger partial charge is 0.267 e. The van der Waals surface area contributed by atoms with E-state index in [1.54, 1.807) is 15.4 Å². The molecule has 0 fully saturated rings. The molecule has 0 aliphatic rings. The molecule has 0 saturated carbocycles. The Bertz CT molecular complexity index is 559. The van der Waals surface area contributed by atoms with Gasteiger partial charge in [-0.3, -0.25) is 9.48 Å². The van der Waals surface area contributed by atoms with Crippen LogP contribution in [0.15, 0.2) is 17.1 Å². The van der Waals surface area contributed by atoms with Gasteiger partial charge >= 0.3 is 0 Å². The molecule has 0 atom stereocenters. The molecule has 0 aliphatic carbocycles. The normalized spacial score (nSPS) is 12.3. The summed E-state index contributed by atoms with van der Waals surface area (Å²) in [5, 5.41) is 8.37. The Balaban J connectivity index is 2.94. The molecule has 0 aliphatic heterocycles. The monoisotopic (exact) mass is 206 g/mol. The van der Waals surface area contributed by atoms with E-state index >= 15 is 0 Å². The fourth-order valence-corrected chi connectivity index (χ4v) is 1.83. The summed E-state index contributed by atoms with van der Waals surface area (Å²) in [5.74, 6) is 0. The molecular weight excluding hydrogens is 192 g/mol. The molecule has 0 saturated heterocycles. The third-order valence-corrected chi connectivity index (χ3v) is 2.37. The van der Waals surface area contributed by atoms with Gasteiger partial charge in [0.2, 0.25) is 0 Å². The van der Waals surface area contributed by atoms with E-state index in [1.165, 1.54) is 6.20 Å². The van der Waals surface area contributed by atoms with Crippen molar-refractivity contribution in [1.82, 2.24) is 19.6 Å². The number of nitrogens with zero attached hydrogens (tertiary/aromatic N) is 4. The molecule has 0 amide bonds.